The number of nitrogens with zero attached hydrogens (tertiary/aromatic N) is 5. The number of aryl methyl sites for hydroxylation is 1. The van der Waals surface area contributed by atoms with Gasteiger partial charge in [0, 0.05) is 12.1 Å². The summed E-state index contributed by atoms with van der Waals surface area (Å²) < 4.78 is 64.9. The van der Waals surface area contributed by atoms with Crippen molar-refractivity contribution < 1.29 is 31.8 Å². The zero-order valence-electron chi connectivity index (χ0n) is 18.9. The molecule has 3 heterocycles. The van der Waals surface area contributed by atoms with E-state index < -0.39 is 24.0 Å². The number of benzene rings is 1. The molecule has 182 valence electrons. The quantitative estimate of drug-likeness (QED) is 0.502. The van der Waals surface area contributed by atoms with Gasteiger partial charge < -0.3 is 14.4 Å². The number of halogens is 4. The highest BCUT2D eigenvalue weighted by molar-refractivity contribution is 6.00. The van der Waals surface area contributed by atoms with Crippen molar-refractivity contribution in [1.29, 1.82) is 5.26 Å². The molecule has 12 heteroatoms. The van der Waals surface area contributed by atoms with Crippen molar-refractivity contribution in [2.24, 2.45) is 0 Å². The summed E-state index contributed by atoms with van der Waals surface area (Å²) in [6.45, 7) is 2.47. The van der Waals surface area contributed by atoms with Crippen LogP contribution < -0.4 is 9.47 Å². The van der Waals surface area contributed by atoms with Crippen LogP contribution in [0.15, 0.2) is 30.5 Å². The third kappa shape index (κ3) is 4.37. The Morgan fingerprint density at radius 2 is 1.97 bits per heavy atom. The summed E-state index contributed by atoms with van der Waals surface area (Å²) in [6.07, 6.45) is -5.34. The summed E-state index contributed by atoms with van der Waals surface area (Å²) in [5.74, 6) is -1.35. The van der Waals surface area contributed by atoms with Crippen molar-refractivity contribution in [2.75, 3.05) is 7.11 Å². The van der Waals surface area contributed by atoms with Gasteiger partial charge in [-0.1, -0.05) is 0 Å². The van der Waals surface area contributed by atoms with Crippen molar-refractivity contribution in [2.45, 2.75) is 39.2 Å². The Labute approximate surface area is 197 Å². The molecule has 0 saturated carbocycles. The molecule has 0 N–H and O–H groups in total. The number of methoxy groups -OCH3 is 1. The zero-order chi connectivity index (χ0) is 25.5. The normalized spacial score (nSPS) is 13.8. The molecule has 4 rings (SSSR count). The fourth-order valence-corrected chi connectivity index (χ4v) is 3.72. The number of aromatic nitrogens is 3. The highest BCUT2D eigenvalue weighted by Crippen LogP contribution is 2.37. The van der Waals surface area contributed by atoms with Gasteiger partial charge in [0.25, 0.3) is 5.91 Å². The summed E-state index contributed by atoms with van der Waals surface area (Å²) >= 11 is 0. The summed E-state index contributed by atoms with van der Waals surface area (Å²) in [4.78, 5) is 19.1. The third-order valence-corrected chi connectivity index (χ3v) is 5.59. The summed E-state index contributed by atoms with van der Waals surface area (Å²) in [5, 5.41) is 13.7. The molecule has 0 fully saturated rings. The lowest BCUT2D eigenvalue weighted by Gasteiger charge is -2.23. The van der Waals surface area contributed by atoms with Gasteiger partial charge >= 0.3 is 6.18 Å². The molecule has 1 aromatic carbocycles. The van der Waals surface area contributed by atoms with Crippen molar-refractivity contribution >= 4 is 5.91 Å². The number of carbonyl (C=O) groups excluding carboxylic acids is 1. The second-order valence-corrected chi connectivity index (χ2v) is 7.86. The topological polar surface area (TPSA) is 93.3 Å². The highest BCUT2D eigenvalue weighted by Gasteiger charge is 2.40. The molecule has 3 aromatic rings. The lowest BCUT2D eigenvalue weighted by molar-refractivity contribution is -0.189. The van der Waals surface area contributed by atoms with E-state index in [-0.39, 0.29) is 41.4 Å². The predicted octanol–water partition coefficient (Wildman–Crippen LogP) is 4.08. The van der Waals surface area contributed by atoms with Gasteiger partial charge in [-0.3, -0.25) is 4.79 Å². The van der Waals surface area contributed by atoms with E-state index in [2.05, 4.69) is 10.1 Å². The van der Waals surface area contributed by atoms with Gasteiger partial charge in [0.1, 0.15) is 23.2 Å². The van der Waals surface area contributed by atoms with E-state index >= 15 is 0 Å². The van der Waals surface area contributed by atoms with E-state index in [1.807, 2.05) is 6.07 Å². The SMILES string of the molecule is COc1c(C#N)ccc(O[C@@H](C)C(F)(F)F)c1C(=O)N1Cc2cnn(-c3ccc(F)c(C)n3)c2C1. The number of ether oxygens (including phenoxy) is 2. The maximum atomic E-state index is 13.6. The van der Waals surface area contributed by atoms with Crippen LogP contribution in [0.5, 0.6) is 11.5 Å². The highest BCUT2D eigenvalue weighted by atomic mass is 19.4. The Bertz CT molecular complexity index is 1350. The van der Waals surface area contributed by atoms with Crippen LogP contribution >= 0.6 is 0 Å². The minimum absolute atomic E-state index is 0.0308. The Kier molecular flexibility index (Phi) is 6.10. The molecule has 2 aromatic heterocycles. The van der Waals surface area contributed by atoms with E-state index in [1.54, 1.807) is 0 Å². The standard InChI is InChI=1S/C23H19F4N5O3/c1-12-16(24)5-7-19(30-12)32-17-11-31(10-15(17)9-29-32)22(33)20-18(35-13(2)23(25,26)27)6-4-14(8-28)21(20)34-3/h4-7,9,13H,10-11H2,1-3H3/t13-/m0/s1. The fourth-order valence-electron chi connectivity index (χ4n) is 3.72. The Morgan fingerprint density at radius 3 is 2.60 bits per heavy atom. The molecule has 0 saturated heterocycles. The molecule has 1 amide bonds. The van der Waals surface area contributed by atoms with Crippen molar-refractivity contribution in [3.63, 3.8) is 0 Å². The molecular formula is C23H19F4N5O3. The average Bonchev–Trinajstić information content (AvgIpc) is 3.40. The Hall–Kier alpha value is -4.14. The van der Waals surface area contributed by atoms with Crippen LogP contribution in [0, 0.1) is 24.1 Å². The van der Waals surface area contributed by atoms with Gasteiger partial charge in [-0.15, -0.1) is 0 Å². The summed E-state index contributed by atoms with van der Waals surface area (Å²) in [5.41, 5.74) is 1.15. The first kappa shape index (κ1) is 24.0. The molecule has 1 aliphatic heterocycles. The maximum Gasteiger partial charge on any atom is 0.425 e. The molecule has 8 nitrogen and oxygen atoms in total. The number of amides is 1. The van der Waals surface area contributed by atoms with E-state index in [1.165, 1.54) is 48.0 Å². The van der Waals surface area contributed by atoms with E-state index in [0.29, 0.717) is 17.1 Å². The Morgan fingerprint density at radius 1 is 1.23 bits per heavy atom. The first-order valence-corrected chi connectivity index (χ1v) is 10.4. The molecular weight excluding hydrogens is 470 g/mol. The minimum atomic E-state index is -4.67. The number of hydrogen-bond acceptors (Lipinski definition) is 6. The van der Waals surface area contributed by atoms with Crippen LogP contribution in [-0.4, -0.2) is 45.0 Å². The predicted molar refractivity (Wildman–Crippen MR) is 113 cm³/mol. The van der Waals surface area contributed by atoms with Gasteiger partial charge in [0.05, 0.1) is 36.8 Å². The first-order valence-electron chi connectivity index (χ1n) is 10.4. The first-order chi connectivity index (χ1) is 16.5. The number of fused-ring (bicyclic) bond motifs is 1. The second kappa shape index (κ2) is 8.90. The molecule has 35 heavy (non-hydrogen) atoms. The molecule has 1 atom stereocenters. The molecule has 1 aliphatic rings. The smallest absolute Gasteiger partial charge is 0.425 e. The van der Waals surface area contributed by atoms with E-state index in [0.717, 1.165) is 13.0 Å². The number of hydrogen-bond donors (Lipinski definition) is 0. The number of rotatable bonds is 5. The van der Waals surface area contributed by atoms with Gasteiger partial charge in [-0.05, 0) is 38.1 Å². The van der Waals surface area contributed by atoms with Gasteiger partial charge in [0.2, 0.25) is 0 Å². The molecule has 0 radical (unpaired) electrons. The van der Waals surface area contributed by atoms with E-state index in [4.69, 9.17) is 9.47 Å². The van der Waals surface area contributed by atoms with Crippen LogP contribution in [-0.2, 0) is 13.1 Å². The summed E-state index contributed by atoms with van der Waals surface area (Å²) in [7, 11) is 1.21. The van der Waals surface area contributed by atoms with Crippen LogP contribution in [0.4, 0.5) is 17.6 Å². The lowest BCUT2D eigenvalue weighted by atomic mass is 10.1. The van der Waals surface area contributed by atoms with Crippen LogP contribution in [0.2, 0.25) is 0 Å². The molecule has 0 bridgehead atoms. The van der Waals surface area contributed by atoms with Gasteiger partial charge in [0.15, 0.2) is 17.7 Å². The lowest BCUT2D eigenvalue weighted by Crippen LogP contribution is -2.33. The maximum absolute atomic E-state index is 13.6. The Balaban J connectivity index is 1.70. The third-order valence-electron chi connectivity index (χ3n) is 5.59. The molecule has 0 spiro atoms. The van der Waals surface area contributed by atoms with Crippen LogP contribution in [0.25, 0.3) is 5.82 Å². The number of pyridine rings is 1. The van der Waals surface area contributed by atoms with Gasteiger partial charge in [-0.25, -0.2) is 14.1 Å². The average molecular weight is 489 g/mol. The number of nitriles is 1. The number of alkyl halides is 3. The molecule has 0 unspecified atom stereocenters. The minimum Gasteiger partial charge on any atom is -0.494 e. The van der Waals surface area contributed by atoms with Crippen molar-refractivity contribution in [3.05, 3.63) is 64.4 Å². The zero-order valence-corrected chi connectivity index (χ0v) is 18.9. The van der Waals surface area contributed by atoms with Crippen molar-refractivity contribution in [3.8, 4) is 23.4 Å². The van der Waals surface area contributed by atoms with E-state index in [9.17, 15) is 27.6 Å². The van der Waals surface area contributed by atoms with Gasteiger partial charge in [-0.2, -0.15) is 23.5 Å². The van der Waals surface area contributed by atoms with Crippen LogP contribution in [0.3, 0.4) is 0 Å². The summed E-state index contributed by atoms with van der Waals surface area (Å²) in [6, 6.07) is 6.95. The molecule has 0 aliphatic carbocycles. The monoisotopic (exact) mass is 489 g/mol. The van der Waals surface area contributed by atoms with Crippen LogP contribution in [0.1, 0.15) is 39.8 Å². The fraction of sp³-hybridized carbons (Fsp3) is 0.304. The number of carbonyl (C=O) groups is 1. The van der Waals surface area contributed by atoms with Crippen molar-refractivity contribution in [1.82, 2.24) is 19.7 Å². The largest absolute Gasteiger partial charge is 0.494 e. The second-order valence-electron chi connectivity index (χ2n) is 7.86.